The van der Waals surface area contributed by atoms with Gasteiger partial charge in [-0.2, -0.15) is 0 Å². The summed E-state index contributed by atoms with van der Waals surface area (Å²) in [5.41, 5.74) is 4.95. The van der Waals surface area contributed by atoms with Crippen LogP contribution in [0.2, 0.25) is 0 Å². The lowest BCUT2D eigenvalue weighted by atomic mass is 10.1. The van der Waals surface area contributed by atoms with Gasteiger partial charge in [-0.3, -0.25) is 4.57 Å². The topological polar surface area (TPSA) is 26.3 Å². The van der Waals surface area contributed by atoms with Gasteiger partial charge in [-0.05, 0) is 40.7 Å². The average molecular weight is 300 g/mol. The van der Waals surface area contributed by atoms with Crippen LogP contribution in [0.4, 0.5) is 0 Å². The fourth-order valence-electron chi connectivity index (χ4n) is 2.88. The van der Waals surface area contributed by atoms with Crippen LogP contribution in [-0.4, -0.2) is 13.3 Å². The summed E-state index contributed by atoms with van der Waals surface area (Å²) in [7, 11) is -2.77. The second-order valence-corrected chi connectivity index (χ2v) is 8.60. The molecule has 110 valence electrons. The minimum Gasteiger partial charge on any atom is -0.325 e. The van der Waals surface area contributed by atoms with Crippen molar-refractivity contribution in [1.29, 1.82) is 0 Å². The van der Waals surface area contributed by atoms with Crippen molar-refractivity contribution in [2.45, 2.75) is 20.3 Å². The van der Waals surface area contributed by atoms with Crippen LogP contribution in [0.25, 0.3) is 11.1 Å². The molecule has 2 aromatic carbocycles. The highest BCUT2D eigenvalue weighted by Crippen LogP contribution is 2.47. The van der Waals surface area contributed by atoms with Gasteiger partial charge in [-0.1, -0.05) is 50.2 Å². The molecule has 0 aromatic heterocycles. The van der Waals surface area contributed by atoms with Gasteiger partial charge in [0.15, 0.2) is 0 Å². The van der Waals surface area contributed by atoms with Crippen LogP contribution in [0, 0.1) is 5.92 Å². The molecule has 0 radical (unpaired) electrons. The highest BCUT2D eigenvalue weighted by molar-refractivity contribution is 7.66. The Bertz CT molecular complexity index is 719. The molecule has 1 unspecified atom stereocenters. The average Bonchev–Trinajstić information content (AvgIpc) is 2.83. The van der Waals surface area contributed by atoms with Gasteiger partial charge in [-0.25, -0.2) is 0 Å². The van der Waals surface area contributed by atoms with Gasteiger partial charge in [0.1, 0.15) is 0 Å². The van der Waals surface area contributed by atoms with E-state index in [4.69, 9.17) is 4.52 Å². The van der Waals surface area contributed by atoms with Gasteiger partial charge >= 0.3 is 0 Å². The number of hydrogen-bond acceptors (Lipinski definition) is 2. The normalized spacial score (nSPS) is 15.6. The molecule has 0 bridgehead atoms. The zero-order valence-corrected chi connectivity index (χ0v) is 13.7. The van der Waals surface area contributed by atoms with Gasteiger partial charge in [0.2, 0.25) is 7.37 Å². The minimum absolute atomic E-state index is 0.382. The van der Waals surface area contributed by atoms with E-state index in [0.29, 0.717) is 12.5 Å². The summed E-state index contributed by atoms with van der Waals surface area (Å²) >= 11 is 0. The largest absolute Gasteiger partial charge is 0.325 e. The van der Waals surface area contributed by atoms with Gasteiger partial charge < -0.3 is 4.52 Å². The highest BCUT2D eigenvalue weighted by Gasteiger charge is 2.28. The fraction of sp³-hybridized carbons (Fsp3) is 0.333. The zero-order valence-electron chi connectivity index (χ0n) is 12.8. The fourth-order valence-corrected chi connectivity index (χ4v) is 4.65. The first-order chi connectivity index (χ1) is 9.99. The first-order valence-corrected chi connectivity index (χ1v) is 9.49. The molecule has 0 spiro atoms. The van der Waals surface area contributed by atoms with E-state index < -0.39 is 7.37 Å². The predicted molar refractivity (Wildman–Crippen MR) is 88.6 cm³/mol. The molecule has 0 saturated carbocycles. The van der Waals surface area contributed by atoms with Crippen molar-refractivity contribution in [2.75, 3.05) is 13.3 Å². The van der Waals surface area contributed by atoms with E-state index in [1.165, 1.54) is 22.3 Å². The zero-order chi connectivity index (χ0) is 15.0. The molecule has 21 heavy (non-hydrogen) atoms. The summed E-state index contributed by atoms with van der Waals surface area (Å²) < 4.78 is 18.8. The lowest BCUT2D eigenvalue weighted by Crippen LogP contribution is -2.14. The maximum Gasteiger partial charge on any atom is 0.229 e. The molecule has 1 aliphatic rings. The molecular weight excluding hydrogens is 279 g/mol. The second-order valence-electron chi connectivity index (χ2n) is 6.17. The van der Waals surface area contributed by atoms with Gasteiger partial charge in [0.25, 0.3) is 0 Å². The molecule has 0 heterocycles. The Morgan fingerprint density at radius 3 is 2.57 bits per heavy atom. The molecule has 2 nitrogen and oxygen atoms in total. The van der Waals surface area contributed by atoms with E-state index in [-0.39, 0.29) is 0 Å². The smallest absolute Gasteiger partial charge is 0.229 e. The third-order valence-corrected chi connectivity index (χ3v) is 5.85. The number of fused-ring (bicyclic) bond motifs is 3. The molecular formula is C18H21O2P. The number of hydrogen-bond donors (Lipinski definition) is 0. The summed E-state index contributed by atoms with van der Waals surface area (Å²) in [4.78, 5) is 0. The molecule has 0 N–H and O–H groups in total. The maximum absolute atomic E-state index is 13.0. The van der Waals surface area contributed by atoms with E-state index in [2.05, 4.69) is 44.2 Å². The van der Waals surface area contributed by atoms with Crippen molar-refractivity contribution in [3.63, 3.8) is 0 Å². The Kier molecular flexibility index (Phi) is 3.77. The standard InChI is InChI=1S/C18H21O2P/c1-13(2)12-20-21(3,19)18-10-6-9-16-15-8-5-4-7-14(15)11-17(16)18/h4-10,13H,11-12H2,1-3H3. The summed E-state index contributed by atoms with van der Waals surface area (Å²) in [6.45, 7) is 6.43. The Morgan fingerprint density at radius 1 is 1.10 bits per heavy atom. The van der Waals surface area contributed by atoms with E-state index in [9.17, 15) is 4.57 Å². The molecule has 0 fully saturated rings. The van der Waals surface area contributed by atoms with Crippen molar-refractivity contribution in [3.05, 3.63) is 53.6 Å². The summed E-state index contributed by atoms with van der Waals surface area (Å²) in [5, 5.41) is 0.886. The van der Waals surface area contributed by atoms with E-state index in [1.54, 1.807) is 6.66 Å². The minimum atomic E-state index is -2.77. The Morgan fingerprint density at radius 2 is 1.81 bits per heavy atom. The molecule has 0 amide bonds. The first-order valence-electron chi connectivity index (χ1n) is 7.42. The Labute approximate surface area is 126 Å². The molecule has 1 atom stereocenters. The van der Waals surface area contributed by atoms with Crippen molar-refractivity contribution in [3.8, 4) is 11.1 Å². The molecule has 0 saturated heterocycles. The third-order valence-electron chi connectivity index (χ3n) is 3.92. The van der Waals surface area contributed by atoms with Crippen LogP contribution in [-0.2, 0) is 15.5 Å². The van der Waals surface area contributed by atoms with Gasteiger partial charge in [-0.15, -0.1) is 0 Å². The van der Waals surface area contributed by atoms with Crippen LogP contribution < -0.4 is 5.30 Å². The van der Waals surface area contributed by atoms with Crippen LogP contribution in [0.1, 0.15) is 25.0 Å². The molecule has 1 aliphatic carbocycles. The number of benzene rings is 2. The SMILES string of the molecule is CC(C)COP(C)(=O)c1cccc2c1Cc1ccccc1-2. The summed E-state index contributed by atoms with van der Waals surface area (Å²) in [6.07, 6.45) is 0.852. The summed E-state index contributed by atoms with van der Waals surface area (Å²) in [5.74, 6) is 0.382. The van der Waals surface area contributed by atoms with Gasteiger partial charge in [0, 0.05) is 12.0 Å². The highest BCUT2D eigenvalue weighted by atomic mass is 31.2. The van der Waals surface area contributed by atoms with Crippen molar-refractivity contribution in [1.82, 2.24) is 0 Å². The van der Waals surface area contributed by atoms with E-state index >= 15 is 0 Å². The van der Waals surface area contributed by atoms with E-state index in [1.807, 2.05) is 12.1 Å². The molecule has 0 aliphatic heterocycles. The van der Waals surface area contributed by atoms with E-state index in [0.717, 1.165) is 11.7 Å². The van der Waals surface area contributed by atoms with Crippen LogP contribution in [0.3, 0.4) is 0 Å². The molecule has 2 aromatic rings. The van der Waals surface area contributed by atoms with Gasteiger partial charge in [0.05, 0.1) is 6.61 Å². The Hall–Kier alpha value is -1.37. The summed E-state index contributed by atoms with van der Waals surface area (Å²) in [6, 6.07) is 14.5. The second kappa shape index (κ2) is 5.44. The van der Waals surface area contributed by atoms with Crippen molar-refractivity contribution < 1.29 is 9.09 Å². The molecule has 3 heteroatoms. The number of rotatable bonds is 4. The van der Waals surface area contributed by atoms with Crippen molar-refractivity contribution in [2.24, 2.45) is 5.92 Å². The lowest BCUT2D eigenvalue weighted by Gasteiger charge is -2.18. The first kappa shape index (κ1) is 14.6. The Balaban J connectivity index is 2.02. The quantitative estimate of drug-likeness (QED) is 0.665. The lowest BCUT2D eigenvalue weighted by molar-refractivity contribution is 0.278. The molecule has 3 rings (SSSR count). The predicted octanol–water partition coefficient (Wildman–Crippen LogP) is 4.46. The van der Waals surface area contributed by atoms with Crippen LogP contribution >= 0.6 is 7.37 Å². The monoisotopic (exact) mass is 300 g/mol. The maximum atomic E-state index is 13.0. The van der Waals surface area contributed by atoms with Crippen LogP contribution in [0.5, 0.6) is 0 Å². The van der Waals surface area contributed by atoms with Crippen LogP contribution in [0.15, 0.2) is 42.5 Å². The van der Waals surface area contributed by atoms with Crippen molar-refractivity contribution >= 4 is 12.7 Å². The third kappa shape index (κ3) is 2.71.